The minimum Gasteiger partial charge on any atom is -0.480 e. The summed E-state index contributed by atoms with van der Waals surface area (Å²) >= 11 is 0. The molecule has 0 aliphatic rings. The van der Waals surface area contributed by atoms with Gasteiger partial charge in [0.2, 0.25) is 0 Å². The molecule has 0 bridgehead atoms. The summed E-state index contributed by atoms with van der Waals surface area (Å²) in [5.74, 6) is -0.831. The fourth-order valence-electron chi connectivity index (χ4n) is 0.984. The third kappa shape index (κ3) is 4.31. The van der Waals surface area contributed by atoms with Crippen molar-refractivity contribution >= 4 is 5.97 Å². The number of aliphatic hydroxyl groups is 1. The van der Waals surface area contributed by atoms with Gasteiger partial charge in [-0.05, 0) is 19.8 Å². The smallest absolute Gasteiger partial charge is 0.320 e. The van der Waals surface area contributed by atoms with Gasteiger partial charge in [0, 0.05) is 12.6 Å². The number of aliphatic carboxylic acids is 1. The number of carboxylic acid groups (broad SMARTS) is 1. The molecular formula is C8H17NO3. The number of nitrogens with one attached hydrogen (secondary N) is 1. The largest absolute Gasteiger partial charge is 0.480 e. The van der Waals surface area contributed by atoms with E-state index in [1.165, 1.54) is 0 Å². The second-order valence-corrected chi connectivity index (χ2v) is 2.88. The summed E-state index contributed by atoms with van der Waals surface area (Å²) < 4.78 is 0. The molecule has 0 aliphatic heterocycles. The Morgan fingerprint density at radius 2 is 2.17 bits per heavy atom. The van der Waals surface area contributed by atoms with E-state index >= 15 is 0 Å². The first-order valence-electron chi connectivity index (χ1n) is 4.21. The monoisotopic (exact) mass is 175 g/mol. The number of carbonyl (C=O) groups is 1. The van der Waals surface area contributed by atoms with Crippen molar-refractivity contribution in [3.05, 3.63) is 0 Å². The second kappa shape index (κ2) is 5.97. The van der Waals surface area contributed by atoms with Crippen molar-refractivity contribution in [1.29, 1.82) is 0 Å². The standard InChI is InChI=1S/C8H17NO3/c1-3-7(8(11)12)9-6(2)4-5-10/h6-7,9-10H,3-5H2,1-2H3,(H,11,12). The Balaban J connectivity index is 3.77. The van der Waals surface area contributed by atoms with Gasteiger partial charge < -0.3 is 15.5 Å². The molecule has 0 spiro atoms. The molecule has 2 unspecified atom stereocenters. The van der Waals surface area contributed by atoms with E-state index < -0.39 is 12.0 Å². The lowest BCUT2D eigenvalue weighted by Crippen LogP contribution is -2.41. The first-order chi connectivity index (χ1) is 5.61. The van der Waals surface area contributed by atoms with Crippen LogP contribution in [0.15, 0.2) is 0 Å². The second-order valence-electron chi connectivity index (χ2n) is 2.88. The molecule has 0 saturated heterocycles. The van der Waals surface area contributed by atoms with Crippen LogP contribution < -0.4 is 5.32 Å². The predicted octanol–water partition coefficient (Wildman–Crippen LogP) is 0.210. The van der Waals surface area contributed by atoms with E-state index in [9.17, 15) is 4.79 Å². The number of hydrogen-bond acceptors (Lipinski definition) is 3. The van der Waals surface area contributed by atoms with Crippen LogP contribution in [0.1, 0.15) is 26.7 Å². The summed E-state index contributed by atoms with van der Waals surface area (Å²) in [5.41, 5.74) is 0. The molecule has 72 valence electrons. The van der Waals surface area contributed by atoms with Crippen LogP contribution in [0.2, 0.25) is 0 Å². The maximum Gasteiger partial charge on any atom is 0.320 e. The molecular weight excluding hydrogens is 158 g/mol. The molecule has 0 rings (SSSR count). The number of aliphatic hydroxyl groups excluding tert-OH is 1. The van der Waals surface area contributed by atoms with E-state index in [0.29, 0.717) is 12.8 Å². The fraction of sp³-hybridized carbons (Fsp3) is 0.875. The molecule has 0 aliphatic carbocycles. The molecule has 12 heavy (non-hydrogen) atoms. The van der Waals surface area contributed by atoms with Gasteiger partial charge in [-0.25, -0.2) is 0 Å². The van der Waals surface area contributed by atoms with Crippen LogP contribution in [0.25, 0.3) is 0 Å². The van der Waals surface area contributed by atoms with Gasteiger partial charge >= 0.3 is 5.97 Å². The lowest BCUT2D eigenvalue weighted by Gasteiger charge is -2.17. The van der Waals surface area contributed by atoms with Crippen LogP contribution in [0.3, 0.4) is 0 Å². The zero-order valence-corrected chi connectivity index (χ0v) is 7.58. The van der Waals surface area contributed by atoms with E-state index in [-0.39, 0.29) is 12.6 Å². The SMILES string of the molecule is CCC(NC(C)CCO)C(=O)O. The van der Waals surface area contributed by atoms with Crippen LogP contribution in [0.5, 0.6) is 0 Å². The van der Waals surface area contributed by atoms with Crippen molar-refractivity contribution in [2.24, 2.45) is 0 Å². The van der Waals surface area contributed by atoms with Crippen LogP contribution in [-0.2, 0) is 4.79 Å². The number of hydrogen-bond donors (Lipinski definition) is 3. The van der Waals surface area contributed by atoms with E-state index in [1.54, 1.807) is 0 Å². The third-order valence-electron chi connectivity index (χ3n) is 1.75. The van der Waals surface area contributed by atoms with Crippen molar-refractivity contribution in [2.45, 2.75) is 38.8 Å². The Morgan fingerprint density at radius 3 is 2.50 bits per heavy atom. The Kier molecular flexibility index (Phi) is 5.66. The Morgan fingerprint density at radius 1 is 1.58 bits per heavy atom. The van der Waals surface area contributed by atoms with Gasteiger partial charge in [0.25, 0.3) is 0 Å². The molecule has 0 radical (unpaired) electrons. The van der Waals surface area contributed by atoms with Crippen molar-refractivity contribution < 1.29 is 15.0 Å². The number of rotatable bonds is 6. The van der Waals surface area contributed by atoms with E-state index in [1.807, 2.05) is 13.8 Å². The van der Waals surface area contributed by atoms with E-state index in [2.05, 4.69) is 5.32 Å². The van der Waals surface area contributed by atoms with Crippen molar-refractivity contribution in [3.63, 3.8) is 0 Å². The highest BCUT2D eigenvalue weighted by Crippen LogP contribution is 1.96. The highest BCUT2D eigenvalue weighted by molar-refractivity contribution is 5.73. The number of carboxylic acids is 1. The topological polar surface area (TPSA) is 69.6 Å². The minimum absolute atomic E-state index is 0.0519. The normalized spacial score (nSPS) is 15.6. The summed E-state index contributed by atoms with van der Waals surface area (Å²) in [6, 6.07) is -0.442. The molecule has 0 fully saturated rings. The van der Waals surface area contributed by atoms with Gasteiger partial charge in [0.1, 0.15) is 6.04 Å². The molecule has 2 atom stereocenters. The third-order valence-corrected chi connectivity index (χ3v) is 1.75. The first-order valence-corrected chi connectivity index (χ1v) is 4.21. The van der Waals surface area contributed by atoms with Crippen molar-refractivity contribution in [2.75, 3.05) is 6.61 Å². The van der Waals surface area contributed by atoms with Crippen LogP contribution in [0.4, 0.5) is 0 Å². The summed E-state index contributed by atoms with van der Waals surface area (Å²) in [4.78, 5) is 10.5. The summed E-state index contributed by atoms with van der Waals surface area (Å²) in [6.45, 7) is 3.77. The first kappa shape index (κ1) is 11.4. The molecule has 0 saturated carbocycles. The van der Waals surface area contributed by atoms with Gasteiger partial charge in [-0.15, -0.1) is 0 Å². The fourth-order valence-corrected chi connectivity index (χ4v) is 0.984. The van der Waals surface area contributed by atoms with Crippen LogP contribution in [0, 0.1) is 0 Å². The molecule has 0 aromatic rings. The molecule has 0 amide bonds. The average Bonchev–Trinajstić information content (AvgIpc) is 2.00. The van der Waals surface area contributed by atoms with Gasteiger partial charge in [0.15, 0.2) is 0 Å². The average molecular weight is 175 g/mol. The quantitative estimate of drug-likeness (QED) is 0.539. The Hall–Kier alpha value is -0.610. The lowest BCUT2D eigenvalue weighted by atomic mass is 10.1. The van der Waals surface area contributed by atoms with Gasteiger partial charge in [-0.1, -0.05) is 6.92 Å². The van der Waals surface area contributed by atoms with Gasteiger partial charge in [-0.3, -0.25) is 4.79 Å². The molecule has 4 heteroatoms. The summed E-state index contributed by atoms with van der Waals surface area (Å²) in [6.07, 6.45) is 1.15. The van der Waals surface area contributed by atoms with Gasteiger partial charge in [0.05, 0.1) is 0 Å². The highest BCUT2D eigenvalue weighted by Gasteiger charge is 2.16. The Labute approximate surface area is 72.6 Å². The zero-order chi connectivity index (χ0) is 9.56. The molecule has 0 aromatic carbocycles. The van der Waals surface area contributed by atoms with E-state index in [4.69, 9.17) is 10.2 Å². The molecule has 4 nitrogen and oxygen atoms in total. The predicted molar refractivity (Wildman–Crippen MR) is 46.0 cm³/mol. The maximum atomic E-state index is 10.5. The molecule has 3 N–H and O–H groups in total. The lowest BCUT2D eigenvalue weighted by molar-refractivity contribution is -0.139. The Bertz CT molecular complexity index is 138. The summed E-state index contributed by atoms with van der Waals surface area (Å²) in [7, 11) is 0. The van der Waals surface area contributed by atoms with Crippen LogP contribution >= 0.6 is 0 Å². The molecule has 0 aromatic heterocycles. The van der Waals surface area contributed by atoms with Gasteiger partial charge in [-0.2, -0.15) is 0 Å². The van der Waals surface area contributed by atoms with E-state index in [0.717, 1.165) is 0 Å². The van der Waals surface area contributed by atoms with Crippen molar-refractivity contribution in [1.82, 2.24) is 5.32 Å². The minimum atomic E-state index is -0.831. The van der Waals surface area contributed by atoms with Crippen LogP contribution in [-0.4, -0.2) is 34.9 Å². The van der Waals surface area contributed by atoms with Crippen molar-refractivity contribution in [3.8, 4) is 0 Å². The zero-order valence-electron chi connectivity index (χ0n) is 7.58. The molecule has 0 heterocycles. The highest BCUT2D eigenvalue weighted by atomic mass is 16.4. The maximum absolute atomic E-state index is 10.5. The summed E-state index contributed by atoms with van der Waals surface area (Å²) in [5, 5.41) is 20.1.